The maximum atomic E-state index is 13.8. The lowest BCUT2D eigenvalue weighted by Crippen LogP contribution is -2.37. The van der Waals surface area contributed by atoms with Crippen molar-refractivity contribution in [2.75, 3.05) is 6.54 Å². The van der Waals surface area contributed by atoms with Gasteiger partial charge in [0.05, 0.1) is 13.6 Å². The van der Waals surface area contributed by atoms with Crippen LogP contribution < -0.4 is 0 Å². The first-order chi connectivity index (χ1) is 15.5. The molecule has 1 atom stereocenters. The van der Waals surface area contributed by atoms with Gasteiger partial charge in [-0.1, -0.05) is 42.4 Å². The quantitative estimate of drug-likeness (QED) is 0.444. The molecule has 1 aromatic carbocycles. The fraction of sp³-hybridized carbons (Fsp3) is 0.273. The van der Waals surface area contributed by atoms with Gasteiger partial charge in [-0.2, -0.15) is 18.3 Å². The van der Waals surface area contributed by atoms with E-state index in [9.17, 15) is 18.0 Å². The highest BCUT2D eigenvalue weighted by molar-refractivity contribution is 7.16. The summed E-state index contributed by atoms with van der Waals surface area (Å²) < 4.78 is 60.1. The van der Waals surface area contributed by atoms with Crippen LogP contribution in [0.25, 0.3) is 11.1 Å². The van der Waals surface area contributed by atoms with E-state index in [0.29, 0.717) is 21.0 Å². The molecule has 0 radical (unpaired) electrons. The Hall–Kier alpha value is -2.58. The number of hydrogen-bond acceptors (Lipinski definition) is 3. The van der Waals surface area contributed by atoms with Gasteiger partial charge < -0.3 is 4.90 Å². The molecule has 4 rings (SSSR count). The number of aryl methyl sites for hydroxylation is 1. The van der Waals surface area contributed by atoms with E-state index in [1.807, 2.05) is 0 Å². The Balaban J connectivity index is 1.94. The molecule has 1 aliphatic heterocycles. The van der Waals surface area contributed by atoms with E-state index in [0.717, 1.165) is 22.3 Å². The van der Waals surface area contributed by atoms with Crippen LogP contribution in [0.15, 0.2) is 49.2 Å². The number of halogens is 4. The average Bonchev–Trinajstić information content (AvgIpc) is 3.38. The van der Waals surface area contributed by atoms with Gasteiger partial charge in [-0.25, -0.2) is 0 Å². The summed E-state index contributed by atoms with van der Waals surface area (Å²) in [5, 5.41) is 3.73. The summed E-state index contributed by atoms with van der Waals surface area (Å²) in [7, 11) is 0. The topological polar surface area (TPSA) is 38.1 Å². The molecule has 0 saturated heterocycles. The molecule has 0 spiro atoms. The number of thiophene rings is 1. The number of aromatic nitrogens is 2. The summed E-state index contributed by atoms with van der Waals surface area (Å²) >= 11 is 7.23. The summed E-state index contributed by atoms with van der Waals surface area (Å²) in [5.74, 6) is -1.22. The predicted molar refractivity (Wildman–Crippen MR) is 115 cm³/mol. The van der Waals surface area contributed by atoms with Crippen LogP contribution in [0.5, 0.6) is 0 Å². The molecule has 3 heterocycles. The summed E-state index contributed by atoms with van der Waals surface area (Å²) in [6, 6.07) is 8.23. The van der Waals surface area contributed by atoms with Crippen LogP contribution >= 0.6 is 22.9 Å². The monoisotopic (exact) mass is 467 g/mol. The molecule has 0 unspecified atom stereocenters. The lowest BCUT2D eigenvalue weighted by atomic mass is 9.84. The maximum absolute atomic E-state index is 13.8. The number of amides is 1. The van der Waals surface area contributed by atoms with Gasteiger partial charge in [-0.3, -0.25) is 9.48 Å². The maximum Gasteiger partial charge on any atom is 0.435 e. The summed E-state index contributed by atoms with van der Waals surface area (Å²) in [4.78, 5) is 13.8. The summed E-state index contributed by atoms with van der Waals surface area (Å²) in [6.45, 7) is 3.21. The van der Waals surface area contributed by atoms with Crippen LogP contribution in [-0.2, 0) is 24.0 Å². The van der Waals surface area contributed by atoms with Crippen LogP contribution in [0, 0.1) is 0 Å². The number of benzene rings is 1. The van der Waals surface area contributed by atoms with Crippen molar-refractivity contribution >= 4 is 28.8 Å². The van der Waals surface area contributed by atoms with Crippen LogP contribution in [0.1, 0.15) is 37.3 Å². The minimum atomic E-state index is -4.66. The summed E-state index contributed by atoms with van der Waals surface area (Å²) in [5.41, 5.74) is 0.318. The standard InChI is InChI=1S/C22H19ClF3N3OS/c1-3-20(30)28-10-16(15-9-19(23)31-18(15)12-28)13-7-5-6-8-14(13)17-11-29(4-2)27-21(17)22(24,25)26/h3,5-9,11,16H,1,4,10,12H2,2H3/t16-/m0/s1/i12D2. The minimum absolute atomic E-state index is 0.0713. The Morgan fingerprint density at radius 1 is 1.39 bits per heavy atom. The van der Waals surface area contributed by atoms with Crippen molar-refractivity contribution in [3.8, 4) is 11.1 Å². The zero-order valence-corrected chi connectivity index (χ0v) is 18.0. The first-order valence-corrected chi connectivity index (χ1v) is 10.7. The van der Waals surface area contributed by atoms with E-state index in [1.165, 1.54) is 10.9 Å². The lowest BCUT2D eigenvalue weighted by Gasteiger charge is -2.33. The molecular weight excluding hydrogens is 447 g/mol. The molecule has 0 bridgehead atoms. The minimum Gasteiger partial charge on any atom is -0.333 e. The highest BCUT2D eigenvalue weighted by Gasteiger charge is 2.39. The van der Waals surface area contributed by atoms with E-state index in [4.69, 9.17) is 14.3 Å². The molecule has 31 heavy (non-hydrogen) atoms. The fourth-order valence-corrected chi connectivity index (χ4v) is 4.93. The molecule has 2 aromatic heterocycles. The molecule has 162 valence electrons. The molecule has 3 aromatic rings. The van der Waals surface area contributed by atoms with Crippen LogP contribution in [-0.4, -0.2) is 27.1 Å². The van der Waals surface area contributed by atoms with Crippen molar-refractivity contribution in [3.05, 3.63) is 75.2 Å². The summed E-state index contributed by atoms with van der Waals surface area (Å²) in [6.07, 6.45) is -2.28. The van der Waals surface area contributed by atoms with Crippen LogP contribution in [0.3, 0.4) is 0 Å². The molecule has 1 aliphatic rings. The Bertz CT molecular complexity index is 1240. The lowest BCUT2D eigenvalue weighted by molar-refractivity contribution is -0.141. The molecule has 0 aliphatic carbocycles. The average molecular weight is 468 g/mol. The van der Waals surface area contributed by atoms with E-state index in [2.05, 4.69) is 11.7 Å². The number of carbonyl (C=O) groups excluding carboxylic acids is 1. The molecule has 0 saturated carbocycles. The number of fused-ring (bicyclic) bond motifs is 1. The second-order valence-corrected chi connectivity index (χ2v) is 8.67. The molecule has 0 N–H and O–H groups in total. The molecule has 1 amide bonds. The zero-order valence-electron chi connectivity index (χ0n) is 18.4. The second kappa shape index (κ2) is 8.16. The van der Waals surface area contributed by atoms with Crippen molar-refractivity contribution in [2.45, 2.75) is 32.1 Å². The van der Waals surface area contributed by atoms with Gasteiger partial charge in [0.1, 0.15) is 0 Å². The van der Waals surface area contributed by atoms with E-state index >= 15 is 0 Å². The highest BCUT2D eigenvalue weighted by Crippen LogP contribution is 2.44. The number of rotatable bonds is 4. The Morgan fingerprint density at radius 2 is 2.13 bits per heavy atom. The number of nitrogens with zero attached hydrogens (tertiary/aromatic N) is 3. The van der Waals surface area contributed by atoms with Gasteiger partial charge >= 0.3 is 6.18 Å². The van der Waals surface area contributed by atoms with Gasteiger partial charge in [0.15, 0.2) is 5.69 Å². The van der Waals surface area contributed by atoms with E-state index in [1.54, 1.807) is 37.3 Å². The fourth-order valence-electron chi connectivity index (χ4n) is 3.73. The molecule has 0 fully saturated rings. The Kier molecular flexibility index (Phi) is 5.04. The SMILES string of the molecule is [2H]C1([2H])c2sc(Cl)cc2[C@H](c2ccccc2-c2cn(CC)nc2C(F)(F)F)CN1C(=O)C=C. The van der Waals surface area contributed by atoms with Gasteiger partial charge in [0.2, 0.25) is 5.91 Å². The normalized spacial score (nSPS) is 18.9. The third-order valence-electron chi connectivity index (χ3n) is 5.13. The first kappa shape index (κ1) is 19.1. The molecule has 4 nitrogen and oxygen atoms in total. The van der Waals surface area contributed by atoms with Crippen molar-refractivity contribution < 1.29 is 20.7 Å². The Morgan fingerprint density at radius 3 is 2.81 bits per heavy atom. The van der Waals surface area contributed by atoms with Crippen molar-refractivity contribution in [1.29, 1.82) is 0 Å². The van der Waals surface area contributed by atoms with Gasteiger partial charge in [-0.05, 0) is 35.8 Å². The smallest absolute Gasteiger partial charge is 0.333 e. The third kappa shape index (κ3) is 4.02. The van der Waals surface area contributed by atoms with Crippen LogP contribution in [0.4, 0.5) is 13.2 Å². The van der Waals surface area contributed by atoms with Crippen molar-refractivity contribution in [3.63, 3.8) is 0 Å². The van der Waals surface area contributed by atoms with E-state index < -0.39 is 30.2 Å². The predicted octanol–water partition coefficient (Wildman–Crippen LogP) is 5.96. The van der Waals surface area contributed by atoms with Gasteiger partial charge in [0.25, 0.3) is 0 Å². The van der Waals surface area contributed by atoms with E-state index in [-0.39, 0.29) is 23.5 Å². The number of carbonyl (C=O) groups is 1. The van der Waals surface area contributed by atoms with Gasteiger partial charge in [-0.15, -0.1) is 11.3 Å². The first-order valence-electron chi connectivity index (χ1n) is 10.5. The molecular formula is C22H19ClF3N3OS. The number of hydrogen-bond donors (Lipinski definition) is 0. The van der Waals surface area contributed by atoms with Crippen molar-refractivity contribution in [2.24, 2.45) is 0 Å². The Labute approximate surface area is 189 Å². The third-order valence-corrected chi connectivity index (χ3v) is 6.31. The highest BCUT2D eigenvalue weighted by atomic mass is 35.5. The number of alkyl halides is 3. The van der Waals surface area contributed by atoms with Gasteiger partial charge in [0, 0.05) is 35.6 Å². The van der Waals surface area contributed by atoms with Crippen LogP contribution in [0.2, 0.25) is 4.34 Å². The second-order valence-electron chi connectivity index (χ2n) is 6.98. The molecule has 9 heteroatoms. The zero-order chi connectivity index (χ0) is 24.1. The van der Waals surface area contributed by atoms with Crippen molar-refractivity contribution in [1.82, 2.24) is 14.7 Å². The largest absolute Gasteiger partial charge is 0.435 e.